The lowest BCUT2D eigenvalue weighted by Crippen LogP contribution is -2.37. The fraction of sp³-hybridized carbons (Fsp3) is 0.333. The fourth-order valence-electron chi connectivity index (χ4n) is 5.42. The van der Waals surface area contributed by atoms with Crippen molar-refractivity contribution in [3.05, 3.63) is 77.4 Å². The Morgan fingerprint density at radius 2 is 1.93 bits per heavy atom. The normalized spacial score (nSPS) is 17.1. The molecular formula is C30H31N3O5S2. The van der Waals surface area contributed by atoms with Crippen molar-refractivity contribution in [2.24, 2.45) is 0 Å². The predicted octanol–water partition coefficient (Wildman–Crippen LogP) is 5.58. The van der Waals surface area contributed by atoms with Crippen molar-refractivity contribution in [1.82, 2.24) is 4.98 Å². The maximum atomic E-state index is 13.9. The average Bonchev–Trinajstić information content (AvgIpc) is 3.66. The Bertz CT molecular complexity index is 1660. The van der Waals surface area contributed by atoms with E-state index in [1.165, 1.54) is 27.8 Å². The molecule has 3 aromatic carbocycles. The van der Waals surface area contributed by atoms with Crippen LogP contribution in [0.1, 0.15) is 40.7 Å². The summed E-state index contributed by atoms with van der Waals surface area (Å²) in [6.45, 7) is 3.47. The number of anilines is 2. The third kappa shape index (κ3) is 4.84. The van der Waals surface area contributed by atoms with Crippen LogP contribution >= 0.6 is 11.3 Å². The molecule has 40 heavy (non-hydrogen) atoms. The first-order valence-corrected chi connectivity index (χ1v) is 15.7. The molecule has 3 heterocycles. The number of fused-ring (bicyclic) bond motifs is 2. The van der Waals surface area contributed by atoms with Crippen molar-refractivity contribution in [2.75, 3.05) is 36.0 Å². The minimum Gasteiger partial charge on any atom is -0.494 e. The molecule has 0 radical (unpaired) electrons. The Morgan fingerprint density at radius 1 is 1.12 bits per heavy atom. The lowest BCUT2D eigenvalue weighted by atomic mass is 10.0. The summed E-state index contributed by atoms with van der Waals surface area (Å²) in [4.78, 5) is 20.6. The minimum atomic E-state index is -3.77. The molecule has 2 aliphatic rings. The molecule has 1 unspecified atom stereocenters. The van der Waals surface area contributed by atoms with Gasteiger partial charge in [0.15, 0.2) is 5.13 Å². The Hall–Kier alpha value is -3.47. The second kappa shape index (κ2) is 10.8. The highest BCUT2D eigenvalue weighted by molar-refractivity contribution is 7.92. The summed E-state index contributed by atoms with van der Waals surface area (Å²) in [5.74, 6) is 0.403. The van der Waals surface area contributed by atoms with Gasteiger partial charge in [0.1, 0.15) is 11.3 Å². The van der Waals surface area contributed by atoms with Gasteiger partial charge >= 0.3 is 0 Å². The van der Waals surface area contributed by atoms with Crippen molar-refractivity contribution in [3.8, 4) is 5.75 Å². The predicted molar refractivity (Wildman–Crippen MR) is 157 cm³/mol. The van der Waals surface area contributed by atoms with Gasteiger partial charge in [-0.3, -0.25) is 14.0 Å². The third-order valence-electron chi connectivity index (χ3n) is 7.56. The van der Waals surface area contributed by atoms with Crippen molar-refractivity contribution in [1.29, 1.82) is 0 Å². The van der Waals surface area contributed by atoms with Crippen LogP contribution in [0.25, 0.3) is 10.2 Å². The topological polar surface area (TPSA) is 89.0 Å². The molecule has 4 aromatic rings. The van der Waals surface area contributed by atoms with Crippen LogP contribution in [0.15, 0.2) is 65.6 Å². The number of carbonyl (C=O) groups is 1. The molecule has 0 saturated carbocycles. The molecule has 1 amide bonds. The summed E-state index contributed by atoms with van der Waals surface area (Å²) in [7, 11) is -2.17. The Morgan fingerprint density at radius 3 is 2.67 bits per heavy atom. The van der Waals surface area contributed by atoms with E-state index < -0.39 is 10.0 Å². The van der Waals surface area contributed by atoms with Gasteiger partial charge in [0.05, 0.1) is 35.0 Å². The zero-order chi connectivity index (χ0) is 27.9. The SMILES string of the molecule is COc1ccc(C)c2sc(N(CC3CCCO3)C(=O)c3ccc(S(=O)(=O)N4CCCc5ccccc54)cc3)nc12. The van der Waals surface area contributed by atoms with Gasteiger partial charge in [0.2, 0.25) is 0 Å². The van der Waals surface area contributed by atoms with Crippen LogP contribution in [-0.4, -0.2) is 52.2 Å². The Labute approximate surface area is 238 Å². The number of aryl methyl sites for hydroxylation is 2. The monoisotopic (exact) mass is 577 g/mol. The molecule has 1 saturated heterocycles. The summed E-state index contributed by atoms with van der Waals surface area (Å²) in [6.07, 6.45) is 3.35. The number of aromatic nitrogens is 1. The first-order valence-electron chi connectivity index (χ1n) is 13.4. The maximum absolute atomic E-state index is 13.9. The van der Waals surface area contributed by atoms with E-state index in [1.807, 2.05) is 43.3 Å². The second-order valence-corrected chi connectivity index (χ2v) is 13.0. The summed E-state index contributed by atoms with van der Waals surface area (Å²) in [5.41, 5.74) is 3.91. The number of sulfonamides is 1. The molecular weight excluding hydrogens is 546 g/mol. The molecule has 0 N–H and O–H groups in total. The van der Waals surface area contributed by atoms with Gasteiger partial charge in [-0.05, 0) is 80.1 Å². The number of nitrogens with zero attached hydrogens (tertiary/aromatic N) is 3. The number of hydrogen-bond donors (Lipinski definition) is 0. The number of benzene rings is 3. The molecule has 2 aliphatic heterocycles. The number of methoxy groups -OCH3 is 1. The zero-order valence-electron chi connectivity index (χ0n) is 22.5. The molecule has 0 bridgehead atoms. The van der Waals surface area contributed by atoms with Crippen LogP contribution in [0.4, 0.5) is 10.8 Å². The van der Waals surface area contributed by atoms with Crippen LogP contribution in [-0.2, 0) is 21.2 Å². The van der Waals surface area contributed by atoms with Gasteiger partial charge in [-0.1, -0.05) is 35.6 Å². The first-order chi connectivity index (χ1) is 19.4. The average molecular weight is 578 g/mol. The highest BCUT2D eigenvalue weighted by Crippen LogP contribution is 2.37. The highest BCUT2D eigenvalue weighted by Gasteiger charge is 2.31. The molecule has 1 atom stereocenters. The van der Waals surface area contributed by atoms with Gasteiger partial charge in [0.25, 0.3) is 15.9 Å². The number of thiazole rings is 1. The lowest BCUT2D eigenvalue weighted by Gasteiger charge is -2.30. The van der Waals surface area contributed by atoms with Gasteiger partial charge in [-0.15, -0.1) is 0 Å². The number of rotatable bonds is 7. The molecule has 0 aliphatic carbocycles. The van der Waals surface area contributed by atoms with E-state index >= 15 is 0 Å². The number of hydrogen-bond acceptors (Lipinski definition) is 7. The van der Waals surface area contributed by atoms with Crippen LogP contribution in [0.2, 0.25) is 0 Å². The summed E-state index contributed by atoms with van der Waals surface area (Å²) in [5, 5.41) is 0.560. The first kappa shape index (κ1) is 26.7. The van der Waals surface area contributed by atoms with E-state index in [-0.39, 0.29) is 16.9 Å². The maximum Gasteiger partial charge on any atom is 0.264 e. The number of ether oxygens (including phenoxy) is 2. The molecule has 0 spiro atoms. The van der Waals surface area contributed by atoms with E-state index in [2.05, 4.69) is 0 Å². The van der Waals surface area contributed by atoms with Gasteiger partial charge in [0, 0.05) is 18.7 Å². The van der Waals surface area contributed by atoms with Crippen molar-refractivity contribution >= 4 is 48.3 Å². The number of amides is 1. The van der Waals surface area contributed by atoms with E-state index in [4.69, 9.17) is 14.5 Å². The summed E-state index contributed by atoms with van der Waals surface area (Å²) >= 11 is 1.44. The van der Waals surface area contributed by atoms with Gasteiger partial charge in [-0.25, -0.2) is 13.4 Å². The van der Waals surface area contributed by atoms with E-state index in [1.54, 1.807) is 24.1 Å². The standard InChI is InChI=1S/C30H31N3O5S2/c1-20-11-16-26(37-2)27-28(20)39-30(31-27)32(19-23-9-6-18-38-23)29(34)22-12-14-24(15-13-22)40(35,36)33-17-5-8-21-7-3-4-10-25(21)33/h3-4,7,10-16,23H,5-6,8-9,17-19H2,1-2H3. The van der Waals surface area contributed by atoms with E-state index in [9.17, 15) is 13.2 Å². The van der Waals surface area contributed by atoms with Crippen molar-refractivity contribution in [3.63, 3.8) is 0 Å². The van der Waals surface area contributed by atoms with Crippen LogP contribution in [0.5, 0.6) is 5.75 Å². The largest absolute Gasteiger partial charge is 0.494 e. The molecule has 6 rings (SSSR count). The third-order valence-corrected chi connectivity index (χ3v) is 10.6. The lowest BCUT2D eigenvalue weighted by molar-refractivity contribution is 0.0917. The molecule has 8 nitrogen and oxygen atoms in total. The zero-order valence-corrected chi connectivity index (χ0v) is 24.1. The van der Waals surface area contributed by atoms with Gasteiger partial charge < -0.3 is 9.47 Å². The van der Waals surface area contributed by atoms with Crippen molar-refractivity contribution < 1.29 is 22.7 Å². The number of carbonyl (C=O) groups excluding carboxylic acids is 1. The van der Waals surface area contributed by atoms with Crippen LogP contribution < -0.4 is 13.9 Å². The number of para-hydroxylation sites is 1. The summed E-state index contributed by atoms with van der Waals surface area (Å²) < 4.78 is 41.0. The Kier molecular flexibility index (Phi) is 7.24. The highest BCUT2D eigenvalue weighted by atomic mass is 32.2. The quantitative estimate of drug-likeness (QED) is 0.285. The minimum absolute atomic E-state index is 0.0854. The van der Waals surface area contributed by atoms with Gasteiger partial charge in [-0.2, -0.15) is 0 Å². The molecule has 1 fully saturated rings. The van der Waals surface area contributed by atoms with Crippen LogP contribution in [0.3, 0.4) is 0 Å². The Balaban J connectivity index is 1.32. The molecule has 208 valence electrons. The van der Waals surface area contributed by atoms with Crippen molar-refractivity contribution in [2.45, 2.75) is 43.6 Å². The second-order valence-electron chi connectivity index (χ2n) is 10.1. The summed E-state index contributed by atoms with van der Waals surface area (Å²) in [6, 6.07) is 17.7. The smallest absolute Gasteiger partial charge is 0.264 e. The molecule has 1 aromatic heterocycles. The fourth-order valence-corrected chi connectivity index (χ4v) is 8.02. The van der Waals surface area contributed by atoms with E-state index in [0.717, 1.165) is 52.7 Å². The van der Waals surface area contributed by atoms with Crippen LogP contribution in [0, 0.1) is 6.92 Å². The molecule has 10 heteroatoms. The van der Waals surface area contributed by atoms with E-state index in [0.29, 0.717) is 36.1 Å².